The summed E-state index contributed by atoms with van der Waals surface area (Å²) in [5.74, 6) is -0.499. The number of thiophene rings is 3. The van der Waals surface area contributed by atoms with E-state index in [-0.39, 0.29) is 43.1 Å². The maximum absolute atomic E-state index is 13.9. The lowest BCUT2D eigenvalue weighted by Gasteiger charge is -2.09. The van der Waals surface area contributed by atoms with E-state index >= 15 is 0 Å². The first-order chi connectivity index (χ1) is 60.4. The fourth-order valence-electron chi connectivity index (χ4n) is 13.3. The molecule has 7 aromatic carbocycles. The van der Waals surface area contributed by atoms with Gasteiger partial charge < -0.3 is 44.0 Å². The first kappa shape index (κ1) is 92.1. The molecule has 642 valence electrons. The van der Waals surface area contributed by atoms with Crippen LogP contribution < -0.4 is 29.9 Å². The van der Waals surface area contributed by atoms with Gasteiger partial charge in [-0.25, -0.2) is 74.7 Å². The summed E-state index contributed by atoms with van der Waals surface area (Å²) in [6, 6.07) is 49.0. The summed E-state index contributed by atoms with van der Waals surface area (Å²) >= 11 is 19.3. The molecule has 0 aliphatic carbocycles. The number of pyridine rings is 4. The van der Waals surface area contributed by atoms with Gasteiger partial charge in [0.25, 0.3) is 30.1 Å². The molecule has 5 N–H and O–H groups in total. The number of rotatable bonds is 17. The average molecular weight is 1960 g/mol. The van der Waals surface area contributed by atoms with E-state index in [2.05, 4.69) is 59.0 Å². The van der Waals surface area contributed by atoms with Crippen LogP contribution >= 0.6 is 79.8 Å². The molecule has 37 heteroatoms. The second-order valence-electron chi connectivity index (χ2n) is 27.5. The number of halogens is 7. The molecule has 0 fully saturated rings. The van der Waals surface area contributed by atoms with Gasteiger partial charge in [0.1, 0.15) is 51.9 Å². The summed E-state index contributed by atoms with van der Waals surface area (Å²) in [4.78, 5) is 21.0. The number of H-pyrrole nitrogens is 1. The molecule has 126 heavy (non-hydrogen) atoms. The third-order valence-electron chi connectivity index (χ3n) is 19.5. The molecular weight excluding hydrogens is 1890 g/mol. The summed E-state index contributed by atoms with van der Waals surface area (Å²) in [7, 11) is -8.75. The summed E-state index contributed by atoms with van der Waals surface area (Å²) in [5.41, 5.74) is 13.2. The number of ether oxygens (including phenoxy) is 4. The van der Waals surface area contributed by atoms with Crippen LogP contribution in [0.2, 0.25) is 10.0 Å². The van der Waals surface area contributed by atoms with Crippen LogP contribution in [0.1, 0.15) is 16.7 Å². The van der Waals surface area contributed by atoms with Crippen LogP contribution in [0.25, 0.3) is 99.8 Å². The van der Waals surface area contributed by atoms with Crippen LogP contribution in [0.15, 0.2) is 285 Å². The quantitative estimate of drug-likeness (QED) is 0.0321. The van der Waals surface area contributed by atoms with Crippen LogP contribution in [0.5, 0.6) is 23.0 Å². The first-order valence-electron chi connectivity index (χ1n) is 37.4. The molecule has 0 unspecified atom stereocenters. The van der Waals surface area contributed by atoms with Crippen molar-refractivity contribution < 1.29 is 81.9 Å². The summed E-state index contributed by atoms with van der Waals surface area (Å²) in [5, 5.41) is 49.7. The fourth-order valence-corrected chi connectivity index (χ4v) is 20.8. The van der Waals surface area contributed by atoms with Crippen molar-refractivity contribution >= 4 is 179 Å². The van der Waals surface area contributed by atoms with E-state index in [0.29, 0.717) is 76.7 Å². The predicted octanol–water partition coefficient (Wildman–Crippen LogP) is 19.1. The van der Waals surface area contributed by atoms with Crippen molar-refractivity contribution in [2.75, 3.05) is 28.4 Å². The average Bonchev–Trinajstić information content (AvgIpc) is 1.52. The van der Waals surface area contributed by atoms with E-state index in [9.17, 15) is 42.8 Å². The Morgan fingerprint density at radius 2 is 0.754 bits per heavy atom. The highest BCUT2D eigenvalue weighted by Crippen LogP contribution is 2.45. The Morgan fingerprint density at radius 1 is 0.389 bits per heavy atom. The molecule has 0 amide bonds. The smallest absolute Gasteiger partial charge is 0.492 e. The van der Waals surface area contributed by atoms with Crippen molar-refractivity contribution in [2.24, 2.45) is 0 Å². The topological polar surface area (TPSA) is 302 Å². The molecule has 18 rings (SSSR count). The number of nitrogens with one attached hydrogen (secondary N) is 1. The highest BCUT2D eigenvalue weighted by atomic mass is 127. The van der Waals surface area contributed by atoms with E-state index in [0.717, 1.165) is 80.8 Å². The standard InChI is InChI=1S/C25H19FN2O3S2.C21H16ClFN2O3S.C18H13FN2OS.C14H10ClIN2O2S.C7H8BFO3.C4H5BO2S/c1-16-3-6-19(7-4-16)33(29,30)28-14-22(21-8-5-18(26)13-23(21)31-2)24-20(9-11-27-25(24)28)17-10-12-32-15-17;1-13-3-6-15(7-4-13)29(26,27)25-12-17(20-18(22)9-10-24-21(20)25)16-8-5-14(23)11-19(16)28-2;1-22-16-8-12(19)2-3-14(16)15-9-21-18-17(15)13(4-6-20-18)11-5-7-23-10-11;1-9-2-4-10(5-3-9)21(19,20)18-8-12(16)13-11(15)6-7-17-14(13)18;1-12-7-4-5(9)2-3-6(7)8(10)11;6-5(7)4-1-2-8-3-4/h3-15H,1-2H3;3-12H,1-2H3;2-10H,1H3,(H,20,21);2-8H,1H3;2-4,10-11H,1H3;1-3,6-7H. The highest BCUT2D eigenvalue weighted by Gasteiger charge is 2.30. The van der Waals surface area contributed by atoms with E-state index in [1.165, 1.54) is 108 Å². The van der Waals surface area contributed by atoms with Gasteiger partial charge in [-0.15, -0.1) is 0 Å². The Labute approximate surface area is 757 Å². The molecular formula is C89H71B2Cl2F4IN8O14S6. The number of aromatic nitrogens is 8. The van der Waals surface area contributed by atoms with Crippen LogP contribution in [-0.4, -0.2) is 125 Å². The molecule has 0 bridgehead atoms. The molecule has 0 atom stereocenters. The molecule has 0 saturated heterocycles. The minimum absolute atomic E-state index is 0.124. The third-order valence-corrected chi connectivity index (χ3v) is 28.0. The lowest BCUT2D eigenvalue weighted by Crippen LogP contribution is -2.31. The third kappa shape index (κ3) is 20.0. The molecule has 22 nitrogen and oxygen atoms in total. The second kappa shape index (κ2) is 40.0. The molecule has 0 radical (unpaired) electrons. The number of aryl methyl sites for hydroxylation is 3. The molecule has 11 heterocycles. The molecule has 0 aliphatic heterocycles. The SMILES string of the molecule is COc1cc(F)ccc1-c1c[nH]c2nccc(-c3ccsc3)c12.COc1cc(F)ccc1-c1cn(S(=O)(=O)c2ccc(C)cc2)c2nccc(-c3ccsc3)c12.COc1cc(F)ccc1-c1cn(S(=O)(=O)c2ccc(C)cc2)c2nccc(Cl)c12.COc1cc(F)ccc1B(O)O.Cc1ccc(S(=O)(=O)n2cc(I)c3c(Cl)ccnc32)cc1.OB(O)c1ccsc1. The van der Waals surface area contributed by atoms with Gasteiger partial charge in [0.05, 0.1) is 58.6 Å². The van der Waals surface area contributed by atoms with E-state index in [1.807, 2.05) is 61.3 Å². The fraction of sp³-hybridized carbons (Fsp3) is 0.0787. The minimum Gasteiger partial charge on any atom is -0.497 e. The van der Waals surface area contributed by atoms with Crippen molar-refractivity contribution in [1.82, 2.24) is 36.8 Å². The molecule has 0 aliphatic rings. The second-order valence-corrected chi connectivity index (χ2v) is 37.2. The van der Waals surface area contributed by atoms with Crippen LogP contribution in [0.4, 0.5) is 17.6 Å². The number of hydrogen-bond acceptors (Lipinski definition) is 21. The van der Waals surface area contributed by atoms with Crippen molar-refractivity contribution in [3.8, 4) is 78.6 Å². The number of nitrogens with zero attached hydrogens (tertiary/aromatic N) is 7. The Bertz CT molecular complexity index is 7310. The molecule has 18 aromatic rings. The van der Waals surface area contributed by atoms with Crippen molar-refractivity contribution in [1.29, 1.82) is 0 Å². The molecule has 11 aromatic heterocycles. The van der Waals surface area contributed by atoms with Crippen LogP contribution in [0, 0.1) is 47.6 Å². The monoisotopic (exact) mass is 1960 g/mol. The Balaban J connectivity index is 0.000000135. The summed E-state index contributed by atoms with van der Waals surface area (Å²) in [6.45, 7) is 5.68. The molecule has 0 saturated carbocycles. The normalized spacial score (nSPS) is 11.3. The number of methoxy groups -OCH3 is 4. The number of hydrogen-bond donors (Lipinski definition) is 5. The molecule has 0 spiro atoms. The van der Waals surface area contributed by atoms with Gasteiger partial charge in [0.2, 0.25) is 0 Å². The Hall–Kier alpha value is -11.6. The van der Waals surface area contributed by atoms with Gasteiger partial charge in [0.15, 0.2) is 16.9 Å². The predicted molar refractivity (Wildman–Crippen MR) is 499 cm³/mol. The zero-order valence-corrected chi connectivity index (χ0v) is 75.8. The Kier molecular flexibility index (Phi) is 29.2. The zero-order chi connectivity index (χ0) is 90.1. The van der Waals surface area contributed by atoms with Gasteiger partial charge in [-0.3, -0.25) is 0 Å². The number of aromatic amines is 1. The van der Waals surface area contributed by atoms with Gasteiger partial charge in [-0.2, -0.15) is 34.0 Å². The number of fused-ring (bicyclic) bond motifs is 4. The largest absolute Gasteiger partial charge is 0.497 e. The Morgan fingerprint density at radius 3 is 1.16 bits per heavy atom. The van der Waals surface area contributed by atoms with E-state index in [4.69, 9.17) is 62.2 Å². The van der Waals surface area contributed by atoms with Crippen molar-refractivity contribution in [2.45, 2.75) is 35.5 Å². The highest BCUT2D eigenvalue weighted by molar-refractivity contribution is 14.1. The summed E-state index contributed by atoms with van der Waals surface area (Å²) < 4.78 is 158. The maximum Gasteiger partial charge on any atom is 0.492 e. The van der Waals surface area contributed by atoms with Gasteiger partial charge in [-0.05, 0) is 219 Å². The zero-order valence-electron chi connectivity index (χ0n) is 67.2. The van der Waals surface area contributed by atoms with E-state index < -0.39 is 61.8 Å². The number of benzene rings is 7. The van der Waals surface area contributed by atoms with Gasteiger partial charge in [-0.1, -0.05) is 88.4 Å². The first-order valence-corrected chi connectivity index (χ1v) is 46.4. The van der Waals surface area contributed by atoms with Crippen molar-refractivity contribution in [3.05, 3.63) is 323 Å². The van der Waals surface area contributed by atoms with E-state index in [1.54, 1.807) is 168 Å². The van der Waals surface area contributed by atoms with Crippen molar-refractivity contribution in [3.63, 3.8) is 0 Å². The van der Waals surface area contributed by atoms with Gasteiger partial charge in [0, 0.05) is 132 Å². The summed E-state index contributed by atoms with van der Waals surface area (Å²) in [6.07, 6.45) is 12.7. The van der Waals surface area contributed by atoms with Gasteiger partial charge >= 0.3 is 14.2 Å². The lowest BCUT2D eigenvalue weighted by atomic mass is 9.79. The minimum atomic E-state index is -3.94. The van der Waals surface area contributed by atoms with Crippen LogP contribution in [-0.2, 0) is 30.1 Å². The maximum atomic E-state index is 13.9. The lowest BCUT2D eigenvalue weighted by molar-refractivity contribution is 0.401. The van der Waals surface area contributed by atoms with Crippen LogP contribution in [0.3, 0.4) is 0 Å².